The van der Waals surface area contributed by atoms with Gasteiger partial charge in [-0.05, 0) is 13.3 Å². The van der Waals surface area contributed by atoms with Crippen LogP contribution >= 0.6 is 0 Å². The maximum atomic E-state index is 5.05. The third-order valence-electron chi connectivity index (χ3n) is 0.988. The molecule has 0 bridgehead atoms. The Hall–Kier alpha value is -0.120. The van der Waals surface area contributed by atoms with Crippen molar-refractivity contribution in [3.8, 4) is 0 Å². The fourth-order valence-corrected chi connectivity index (χ4v) is 0.491. The summed E-state index contributed by atoms with van der Waals surface area (Å²) in [5.74, 6) is 0. The summed E-state index contributed by atoms with van der Waals surface area (Å²) in [4.78, 5) is 5.00. The summed E-state index contributed by atoms with van der Waals surface area (Å²) in [6.07, 6.45) is 1.09. The van der Waals surface area contributed by atoms with Crippen LogP contribution < -0.4 is 5.48 Å². The van der Waals surface area contributed by atoms with Crippen molar-refractivity contribution in [1.29, 1.82) is 0 Å². The summed E-state index contributed by atoms with van der Waals surface area (Å²) in [5, 5.41) is 0. The van der Waals surface area contributed by atoms with Crippen molar-refractivity contribution < 1.29 is 9.57 Å². The Morgan fingerprint density at radius 1 is 1.20 bits per heavy atom. The van der Waals surface area contributed by atoms with Gasteiger partial charge in [0.2, 0.25) is 0 Å². The van der Waals surface area contributed by atoms with E-state index in [1.54, 1.807) is 0 Å². The third kappa shape index (κ3) is 7.88. The van der Waals surface area contributed by atoms with Crippen LogP contribution in [0.15, 0.2) is 0 Å². The molecule has 0 aliphatic heterocycles. The summed E-state index contributed by atoms with van der Waals surface area (Å²) >= 11 is 0. The van der Waals surface area contributed by atoms with Gasteiger partial charge in [-0.2, -0.15) is 0 Å². The van der Waals surface area contributed by atoms with Crippen molar-refractivity contribution in [3.05, 3.63) is 0 Å². The van der Waals surface area contributed by atoms with Gasteiger partial charge in [0.05, 0.1) is 13.2 Å². The zero-order chi connectivity index (χ0) is 7.66. The van der Waals surface area contributed by atoms with Crippen LogP contribution in [0.3, 0.4) is 0 Å². The highest BCUT2D eigenvalue weighted by Gasteiger charge is 1.84. The maximum Gasteiger partial charge on any atom is 0.0916 e. The minimum atomic E-state index is 0.633. The van der Waals surface area contributed by atoms with Gasteiger partial charge in [-0.3, -0.25) is 4.84 Å². The first-order valence-electron chi connectivity index (χ1n) is 3.84. The molecule has 62 valence electrons. The van der Waals surface area contributed by atoms with E-state index < -0.39 is 0 Å². The van der Waals surface area contributed by atoms with E-state index in [0.29, 0.717) is 13.2 Å². The van der Waals surface area contributed by atoms with Crippen molar-refractivity contribution >= 4 is 0 Å². The molecule has 0 fully saturated rings. The topological polar surface area (TPSA) is 30.5 Å². The van der Waals surface area contributed by atoms with Crippen LogP contribution in [0, 0.1) is 0 Å². The molecular weight excluding hydrogens is 130 g/mol. The summed E-state index contributed by atoms with van der Waals surface area (Å²) in [5.41, 5.74) is 2.81. The number of hydrogen-bond donors (Lipinski definition) is 1. The highest BCUT2D eigenvalue weighted by Crippen LogP contribution is 1.75. The van der Waals surface area contributed by atoms with Crippen LogP contribution in [0.25, 0.3) is 0 Å². The molecule has 0 spiro atoms. The molecule has 3 heteroatoms. The number of hydroxylamine groups is 1. The number of nitrogens with one attached hydrogen (secondary N) is 1. The van der Waals surface area contributed by atoms with Crippen molar-refractivity contribution in [1.82, 2.24) is 5.48 Å². The molecule has 0 aromatic carbocycles. The molecule has 0 aromatic rings. The van der Waals surface area contributed by atoms with Crippen LogP contribution in [-0.2, 0) is 9.57 Å². The molecule has 0 amide bonds. The fraction of sp³-hybridized carbons (Fsp3) is 1.00. The Morgan fingerprint density at radius 3 is 2.60 bits per heavy atom. The van der Waals surface area contributed by atoms with Gasteiger partial charge in [-0.15, -0.1) is 0 Å². The lowest BCUT2D eigenvalue weighted by Crippen LogP contribution is -2.18. The Labute approximate surface area is 62.7 Å². The summed E-state index contributed by atoms with van der Waals surface area (Å²) in [6.45, 7) is 7.04. The van der Waals surface area contributed by atoms with E-state index in [1.807, 2.05) is 6.92 Å². The molecule has 0 rings (SSSR count). The second-order valence-corrected chi connectivity index (χ2v) is 1.94. The largest absolute Gasteiger partial charge is 0.379 e. The molecule has 0 unspecified atom stereocenters. The second kappa shape index (κ2) is 8.88. The molecule has 0 aliphatic carbocycles. The van der Waals surface area contributed by atoms with E-state index >= 15 is 0 Å². The fourth-order valence-electron chi connectivity index (χ4n) is 0.491. The summed E-state index contributed by atoms with van der Waals surface area (Å²) in [7, 11) is 0. The molecule has 10 heavy (non-hydrogen) atoms. The summed E-state index contributed by atoms with van der Waals surface area (Å²) in [6, 6.07) is 0. The average molecular weight is 147 g/mol. The minimum absolute atomic E-state index is 0.633. The Bertz CT molecular complexity index is 51.6. The first-order chi connectivity index (χ1) is 4.91. The molecule has 0 atom stereocenters. The normalized spacial score (nSPS) is 10.2. The molecular formula is C7H17NO2. The van der Waals surface area contributed by atoms with Gasteiger partial charge in [0.25, 0.3) is 0 Å². The standard InChI is InChI=1S/C7H17NO2/c1-3-5-8-10-7-6-9-4-2/h8H,3-7H2,1-2H3. The van der Waals surface area contributed by atoms with Crippen LogP contribution in [0.4, 0.5) is 0 Å². The Morgan fingerprint density at radius 2 is 2.00 bits per heavy atom. The van der Waals surface area contributed by atoms with Crippen molar-refractivity contribution in [3.63, 3.8) is 0 Å². The number of ether oxygens (including phenoxy) is 1. The zero-order valence-electron chi connectivity index (χ0n) is 6.85. The highest BCUT2D eigenvalue weighted by molar-refractivity contribution is 4.28. The molecule has 0 heterocycles. The van der Waals surface area contributed by atoms with E-state index in [9.17, 15) is 0 Å². The SMILES string of the molecule is CCCNOCCOCC. The van der Waals surface area contributed by atoms with Crippen molar-refractivity contribution in [2.24, 2.45) is 0 Å². The van der Waals surface area contributed by atoms with Gasteiger partial charge in [0, 0.05) is 13.2 Å². The lowest BCUT2D eigenvalue weighted by Gasteiger charge is -2.03. The number of rotatable bonds is 7. The van der Waals surface area contributed by atoms with Gasteiger partial charge >= 0.3 is 0 Å². The lowest BCUT2D eigenvalue weighted by atomic mass is 10.5. The van der Waals surface area contributed by atoms with Crippen molar-refractivity contribution in [2.45, 2.75) is 20.3 Å². The first-order valence-corrected chi connectivity index (χ1v) is 3.84. The smallest absolute Gasteiger partial charge is 0.0916 e. The van der Waals surface area contributed by atoms with E-state index in [4.69, 9.17) is 9.57 Å². The van der Waals surface area contributed by atoms with E-state index in [0.717, 1.165) is 19.6 Å². The molecule has 0 aromatic heterocycles. The van der Waals surface area contributed by atoms with Gasteiger partial charge in [0.15, 0.2) is 0 Å². The predicted octanol–water partition coefficient (Wildman–Crippen LogP) is 0.954. The lowest BCUT2D eigenvalue weighted by molar-refractivity contribution is -0.00183. The van der Waals surface area contributed by atoms with E-state index in [-0.39, 0.29) is 0 Å². The van der Waals surface area contributed by atoms with Gasteiger partial charge in [-0.1, -0.05) is 6.92 Å². The van der Waals surface area contributed by atoms with E-state index in [1.165, 1.54) is 0 Å². The molecule has 0 radical (unpaired) electrons. The van der Waals surface area contributed by atoms with Gasteiger partial charge < -0.3 is 4.74 Å². The quantitative estimate of drug-likeness (QED) is 0.429. The second-order valence-electron chi connectivity index (χ2n) is 1.94. The predicted molar refractivity (Wildman–Crippen MR) is 40.7 cm³/mol. The van der Waals surface area contributed by atoms with Gasteiger partial charge in [0.1, 0.15) is 0 Å². The number of hydrogen-bond acceptors (Lipinski definition) is 3. The van der Waals surface area contributed by atoms with Gasteiger partial charge in [-0.25, -0.2) is 5.48 Å². The van der Waals surface area contributed by atoms with Crippen molar-refractivity contribution in [2.75, 3.05) is 26.4 Å². The molecule has 1 N–H and O–H groups in total. The molecule has 0 saturated heterocycles. The average Bonchev–Trinajstić information content (AvgIpc) is 1.97. The zero-order valence-corrected chi connectivity index (χ0v) is 6.85. The molecule has 3 nitrogen and oxygen atoms in total. The summed E-state index contributed by atoms with van der Waals surface area (Å²) < 4.78 is 5.05. The Balaban J connectivity index is 2.65. The monoisotopic (exact) mass is 147 g/mol. The molecule has 0 aliphatic rings. The highest BCUT2D eigenvalue weighted by atomic mass is 16.7. The third-order valence-corrected chi connectivity index (χ3v) is 0.988. The van der Waals surface area contributed by atoms with E-state index in [2.05, 4.69) is 12.4 Å². The van der Waals surface area contributed by atoms with Crippen LogP contribution in [-0.4, -0.2) is 26.4 Å². The van der Waals surface area contributed by atoms with Crippen LogP contribution in [0.5, 0.6) is 0 Å². The Kier molecular flexibility index (Phi) is 8.77. The first kappa shape index (κ1) is 9.88. The minimum Gasteiger partial charge on any atom is -0.379 e. The maximum absolute atomic E-state index is 5.05. The van der Waals surface area contributed by atoms with Crippen LogP contribution in [0.2, 0.25) is 0 Å². The molecule has 0 saturated carbocycles. The van der Waals surface area contributed by atoms with Crippen LogP contribution in [0.1, 0.15) is 20.3 Å².